The number of halogens is 1. The van der Waals surface area contributed by atoms with Gasteiger partial charge in [-0.15, -0.1) is 11.3 Å². The number of rotatable bonds is 6. The first-order valence-electron chi connectivity index (χ1n) is 7.77. The van der Waals surface area contributed by atoms with Crippen LogP contribution in [0.25, 0.3) is 10.4 Å². The number of thiophene rings is 1. The minimum Gasteiger partial charge on any atom is -0.497 e. The number of carbonyl (C=O) groups is 2. The Labute approximate surface area is 159 Å². The van der Waals surface area contributed by atoms with E-state index in [1.54, 1.807) is 49.6 Å². The summed E-state index contributed by atoms with van der Waals surface area (Å²) in [5.41, 5.74) is 1.93. The maximum absolute atomic E-state index is 12.8. The molecule has 1 N–H and O–H groups in total. The van der Waals surface area contributed by atoms with Crippen LogP contribution in [0.15, 0.2) is 54.6 Å². The van der Waals surface area contributed by atoms with Gasteiger partial charge >= 0.3 is 5.97 Å². The molecule has 0 saturated carbocycles. The largest absolute Gasteiger partial charge is 0.497 e. The third-order valence-electron chi connectivity index (χ3n) is 3.81. The van der Waals surface area contributed by atoms with Crippen molar-refractivity contribution in [3.05, 3.63) is 75.6 Å². The molecule has 26 heavy (non-hydrogen) atoms. The molecule has 3 aromatic rings. The fraction of sp³-hybridized carbons (Fsp3) is 0.100. The summed E-state index contributed by atoms with van der Waals surface area (Å²) in [4.78, 5) is 25.2. The number of ketones is 1. The predicted octanol–water partition coefficient (Wildman–Crippen LogP) is 4.94. The predicted molar refractivity (Wildman–Crippen MR) is 103 cm³/mol. The molecule has 0 amide bonds. The van der Waals surface area contributed by atoms with Crippen LogP contribution in [-0.2, 0) is 11.2 Å². The van der Waals surface area contributed by atoms with Crippen molar-refractivity contribution in [1.29, 1.82) is 0 Å². The van der Waals surface area contributed by atoms with E-state index in [0.717, 1.165) is 10.4 Å². The van der Waals surface area contributed by atoms with Gasteiger partial charge in [0.05, 0.1) is 18.4 Å². The summed E-state index contributed by atoms with van der Waals surface area (Å²) in [6.07, 6.45) is -0.152. The summed E-state index contributed by atoms with van der Waals surface area (Å²) in [5.74, 6) is -0.413. The van der Waals surface area contributed by atoms with Crippen molar-refractivity contribution >= 4 is 34.7 Å². The van der Waals surface area contributed by atoms with Crippen molar-refractivity contribution in [3.8, 4) is 16.2 Å². The molecule has 3 rings (SSSR count). The summed E-state index contributed by atoms with van der Waals surface area (Å²) in [6, 6.07) is 15.7. The van der Waals surface area contributed by atoms with Crippen LogP contribution < -0.4 is 4.74 Å². The Morgan fingerprint density at radius 1 is 1.12 bits per heavy atom. The molecule has 0 spiro atoms. The highest BCUT2D eigenvalue weighted by atomic mass is 35.5. The molecule has 4 nitrogen and oxygen atoms in total. The van der Waals surface area contributed by atoms with Gasteiger partial charge in [-0.25, -0.2) is 0 Å². The maximum atomic E-state index is 12.8. The number of hydrogen-bond acceptors (Lipinski definition) is 4. The SMILES string of the molecule is COc1ccc(-c2sc(C(=O)c3cccc(Cl)c3)cc2CC(=O)O)cc1. The smallest absolute Gasteiger partial charge is 0.307 e. The zero-order valence-electron chi connectivity index (χ0n) is 13.9. The third-order valence-corrected chi connectivity index (χ3v) is 5.27. The summed E-state index contributed by atoms with van der Waals surface area (Å²) < 4.78 is 5.15. The second-order valence-electron chi connectivity index (χ2n) is 5.60. The molecule has 0 bridgehead atoms. The van der Waals surface area contributed by atoms with Crippen LogP contribution in [0.5, 0.6) is 5.75 Å². The quantitative estimate of drug-likeness (QED) is 0.610. The van der Waals surface area contributed by atoms with Gasteiger partial charge in [-0.3, -0.25) is 9.59 Å². The Hall–Kier alpha value is -2.63. The Morgan fingerprint density at radius 2 is 1.85 bits per heavy atom. The van der Waals surface area contributed by atoms with E-state index in [1.165, 1.54) is 11.3 Å². The van der Waals surface area contributed by atoms with Gasteiger partial charge in [0.25, 0.3) is 0 Å². The van der Waals surface area contributed by atoms with Crippen LogP contribution in [0.1, 0.15) is 20.8 Å². The van der Waals surface area contributed by atoms with E-state index < -0.39 is 5.97 Å². The van der Waals surface area contributed by atoms with Crippen LogP contribution in [0.3, 0.4) is 0 Å². The fourth-order valence-electron chi connectivity index (χ4n) is 2.59. The molecular weight excluding hydrogens is 372 g/mol. The minimum atomic E-state index is -0.945. The molecule has 6 heteroatoms. The number of methoxy groups -OCH3 is 1. The molecular formula is C20H15ClO4S. The highest BCUT2D eigenvalue weighted by Crippen LogP contribution is 2.35. The van der Waals surface area contributed by atoms with Gasteiger partial charge in [0.1, 0.15) is 5.75 Å². The lowest BCUT2D eigenvalue weighted by atomic mass is 10.0. The minimum absolute atomic E-state index is 0.152. The summed E-state index contributed by atoms with van der Waals surface area (Å²) in [5, 5.41) is 9.68. The Kier molecular flexibility index (Phi) is 5.40. The van der Waals surface area contributed by atoms with Crippen molar-refractivity contribution in [3.63, 3.8) is 0 Å². The molecule has 2 aromatic carbocycles. The number of carbonyl (C=O) groups excluding carboxylic acids is 1. The topological polar surface area (TPSA) is 63.6 Å². The van der Waals surface area contributed by atoms with E-state index in [1.807, 2.05) is 12.1 Å². The number of carboxylic acid groups (broad SMARTS) is 1. The van der Waals surface area contributed by atoms with Crippen molar-refractivity contribution < 1.29 is 19.4 Å². The van der Waals surface area contributed by atoms with Gasteiger partial charge in [0, 0.05) is 15.5 Å². The molecule has 0 atom stereocenters. The van der Waals surface area contributed by atoms with Gasteiger partial charge in [-0.05, 0) is 53.6 Å². The summed E-state index contributed by atoms with van der Waals surface area (Å²) in [6.45, 7) is 0. The second-order valence-corrected chi connectivity index (χ2v) is 7.09. The van der Waals surface area contributed by atoms with Gasteiger partial charge < -0.3 is 9.84 Å². The number of benzene rings is 2. The van der Waals surface area contributed by atoms with E-state index in [-0.39, 0.29) is 12.2 Å². The summed E-state index contributed by atoms with van der Waals surface area (Å²) >= 11 is 7.25. The van der Waals surface area contributed by atoms with Gasteiger partial charge in [0.2, 0.25) is 5.78 Å². The lowest BCUT2D eigenvalue weighted by Crippen LogP contribution is -2.01. The average Bonchev–Trinajstić information content (AvgIpc) is 3.04. The molecule has 132 valence electrons. The number of carboxylic acids is 1. The lowest BCUT2D eigenvalue weighted by molar-refractivity contribution is -0.136. The van der Waals surface area contributed by atoms with E-state index in [9.17, 15) is 14.7 Å². The standard InChI is InChI=1S/C20H15ClO4S/c1-25-16-7-5-12(6-8-16)20-14(11-18(22)23)10-17(26-20)19(24)13-3-2-4-15(21)9-13/h2-10H,11H2,1H3,(H,22,23). The van der Waals surface area contributed by atoms with E-state index in [2.05, 4.69) is 0 Å². The number of ether oxygens (including phenoxy) is 1. The maximum Gasteiger partial charge on any atom is 0.307 e. The molecule has 0 radical (unpaired) electrons. The van der Waals surface area contributed by atoms with Crippen LogP contribution in [0.4, 0.5) is 0 Å². The first-order valence-corrected chi connectivity index (χ1v) is 8.96. The zero-order chi connectivity index (χ0) is 18.7. The van der Waals surface area contributed by atoms with Crippen molar-refractivity contribution in [2.45, 2.75) is 6.42 Å². The lowest BCUT2D eigenvalue weighted by Gasteiger charge is -2.04. The fourth-order valence-corrected chi connectivity index (χ4v) is 3.93. The van der Waals surface area contributed by atoms with Crippen LogP contribution >= 0.6 is 22.9 Å². The van der Waals surface area contributed by atoms with Gasteiger partial charge in [-0.1, -0.05) is 23.7 Å². The molecule has 0 aliphatic rings. The van der Waals surface area contributed by atoms with E-state index in [4.69, 9.17) is 16.3 Å². The number of hydrogen-bond donors (Lipinski definition) is 1. The van der Waals surface area contributed by atoms with E-state index in [0.29, 0.717) is 26.8 Å². The first-order chi connectivity index (χ1) is 12.5. The molecule has 0 aliphatic heterocycles. The Morgan fingerprint density at radius 3 is 2.46 bits per heavy atom. The first kappa shape index (κ1) is 18.2. The highest BCUT2D eigenvalue weighted by Gasteiger charge is 2.19. The zero-order valence-corrected chi connectivity index (χ0v) is 15.4. The summed E-state index contributed by atoms with van der Waals surface area (Å²) in [7, 11) is 1.58. The van der Waals surface area contributed by atoms with E-state index >= 15 is 0 Å². The molecule has 1 aromatic heterocycles. The second kappa shape index (κ2) is 7.72. The third kappa shape index (κ3) is 3.95. The molecule has 1 heterocycles. The van der Waals surface area contributed by atoms with Crippen molar-refractivity contribution in [1.82, 2.24) is 0 Å². The molecule has 0 saturated heterocycles. The Balaban J connectivity index is 2.03. The van der Waals surface area contributed by atoms with Crippen LogP contribution in [0.2, 0.25) is 5.02 Å². The molecule has 0 aliphatic carbocycles. The highest BCUT2D eigenvalue weighted by molar-refractivity contribution is 7.17. The van der Waals surface area contributed by atoms with Crippen LogP contribution in [0, 0.1) is 0 Å². The Bertz CT molecular complexity index is 960. The van der Waals surface area contributed by atoms with Crippen molar-refractivity contribution in [2.24, 2.45) is 0 Å². The van der Waals surface area contributed by atoms with Gasteiger partial charge in [-0.2, -0.15) is 0 Å². The van der Waals surface area contributed by atoms with Gasteiger partial charge in [0.15, 0.2) is 0 Å². The normalized spacial score (nSPS) is 10.5. The number of aliphatic carboxylic acids is 1. The molecule has 0 unspecified atom stereocenters. The van der Waals surface area contributed by atoms with Crippen molar-refractivity contribution in [2.75, 3.05) is 7.11 Å². The van der Waals surface area contributed by atoms with Crippen LogP contribution in [-0.4, -0.2) is 24.0 Å². The average molecular weight is 387 g/mol. The monoisotopic (exact) mass is 386 g/mol. The molecule has 0 fully saturated rings.